The van der Waals surface area contributed by atoms with E-state index in [0.29, 0.717) is 5.56 Å². The molecule has 100 valence electrons. The summed E-state index contributed by atoms with van der Waals surface area (Å²) < 4.78 is 4.91. The topological polar surface area (TPSA) is 83.8 Å². The number of carbonyl (C=O) groups excluding carboxylic acids is 1. The fourth-order valence-electron chi connectivity index (χ4n) is 1.16. The standard InChI is InChI=1S/C12H16O5S/c1-6-7(9(13)14)5-18-8(6)10(15)17-11(16)12(2,3)4/h5,11,16H,1-4H3,(H,13,14). The fourth-order valence-corrected chi connectivity index (χ4v) is 2.11. The van der Waals surface area contributed by atoms with E-state index in [4.69, 9.17) is 9.84 Å². The van der Waals surface area contributed by atoms with Gasteiger partial charge in [0.1, 0.15) is 4.88 Å². The molecule has 1 rings (SSSR count). The molecule has 0 bridgehead atoms. The second-order valence-electron chi connectivity index (χ2n) is 5.03. The van der Waals surface area contributed by atoms with Crippen molar-refractivity contribution in [2.24, 2.45) is 5.41 Å². The smallest absolute Gasteiger partial charge is 0.350 e. The van der Waals surface area contributed by atoms with E-state index in [-0.39, 0.29) is 10.4 Å². The molecule has 0 aliphatic carbocycles. The van der Waals surface area contributed by atoms with E-state index in [1.165, 1.54) is 5.38 Å². The number of carboxylic acid groups (broad SMARTS) is 1. The third-order valence-electron chi connectivity index (χ3n) is 2.41. The quantitative estimate of drug-likeness (QED) is 0.651. The fraction of sp³-hybridized carbons (Fsp3) is 0.500. The maximum Gasteiger partial charge on any atom is 0.350 e. The van der Waals surface area contributed by atoms with Crippen molar-refractivity contribution >= 4 is 23.3 Å². The van der Waals surface area contributed by atoms with Crippen molar-refractivity contribution in [3.63, 3.8) is 0 Å². The highest BCUT2D eigenvalue weighted by molar-refractivity contribution is 7.12. The summed E-state index contributed by atoms with van der Waals surface area (Å²) in [6.07, 6.45) is -1.24. The van der Waals surface area contributed by atoms with Crippen LogP contribution < -0.4 is 0 Å². The summed E-state index contributed by atoms with van der Waals surface area (Å²) in [7, 11) is 0. The Kier molecular flexibility index (Phi) is 4.13. The average Bonchev–Trinajstić information content (AvgIpc) is 2.58. The van der Waals surface area contributed by atoms with Crippen LogP contribution in [0, 0.1) is 12.3 Å². The van der Waals surface area contributed by atoms with E-state index in [1.807, 2.05) is 0 Å². The van der Waals surface area contributed by atoms with E-state index in [0.717, 1.165) is 11.3 Å². The second-order valence-corrected chi connectivity index (χ2v) is 5.91. The minimum absolute atomic E-state index is 0.0807. The van der Waals surface area contributed by atoms with Crippen LogP contribution in [0.1, 0.15) is 46.4 Å². The van der Waals surface area contributed by atoms with Gasteiger partial charge in [-0.3, -0.25) is 0 Å². The van der Waals surface area contributed by atoms with E-state index < -0.39 is 23.6 Å². The molecule has 0 spiro atoms. The van der Waals surface area contributed by atoms with Gasteiger partial charge in [-0.25, -0.2) is 9.59 Å². The van der Waals surface area contributed by atoms with Crippen LogP contribution in [0.3, 0.4) is 0 Å². The molecular formula is C12H16O5S. The Morgan fingerprint density at radius 3 is 2.33 bits per heavy atom. The van der Waals surface area contributed by atoms with Gasteiger partial charge in [0.25, 0.3) is 0 Å². The predicted molar refractivity (Wildman–Crippen MR) is 66.9 cm³/mol. The molecule has 0 aliphatic heterocycles. The highest BCUT2D eigenvalue weighted by Crippen LogP contribution is 2.26. The minimum Gasteiger partial charge on any atom is -0.478 e. The minimum atomic E-state index is -1.24. The number of esters is 1. The lowest BCUT2D eigenvalue weighted by Gasteiger charge is -2.25. The van der Waals surface area contributed by atoms with Gasteiger partial charge < -0.3 is 14.9 Å². The molecule has 0 amide bonds. The third kappa shape index (κ3) is 3.08. The second kappa shape index (κ2) is 5.07. The maximum atomic E-state index is 11.8. The zero-order valence-corrected chi connectivity index (χ0v) is 11.5. The molecular weight excluding hydrogens is 256 g/mol. The van der Waals surface area contributed by atoms with Crippen LogP contribution in [0.5, 0.6) is 0 Å². The van der Waals surface area contributed by atoms with Crippen LogP contribution in [0.4, 0.5) is 0 Å². The Hall–Kier alpha value is -1.40. The number of aromatic carboxylic acids is 1. The molecule has 0 aliphatic rings. The van der Waals surface area contributed by atoms with E-state index in [1.54, 1.807) is 27.7 Å². The van der Waals surface area contributed by atoms with Gasteiger partial charge in [-0.2, -0.15) is 0 Å². The summed E-state index contributed by atoms with van der Waals surface area (Å²) in [5, 5.41) is 19.9. The molecule has 18 heavy (non-hydrogen) atoms. The van der Waals surface area contributed by atoms with Crippen LogP contribution >= 0.6 is 11.3 Å². The molecule has 6 heteroatoms. The van der Waals surface area contributed by atoms with Crippen molar-refractivity contribution in [1.82, 2.24) is 0 Å². The zero-order chi connectivity index (χ0) is 14.1. The number of aliphatic hydroxyl groups excluding tert-OH is 1. The Morgan fingerprint density at radius 1 is 1.39 bits per heavy atom. The third-order valence-corrected chi connectivity index (χ3v) is 3.48. The Labute approximate surface area is 109 Å². The van der Waals surface area contributed by atoms with E-state index >= 15 is 0 Å². The van der Waals surface area contributed by atoms with Gasteiger partial charge in [-0.05, 0) is 12.5 Å². The van der Waals surface area contributed by atoms with Crippen LogP contribution in [0.15, 0.2) is 5.38 Å². The van der Waals surface area contributed by atoms with Crippen molar-refractivity contribution in [2.75, 3.05) is 0 Å². The van der Waals surface area contributed by atoms with Crippen LogP contribution in [-0.2, 0) is 4.74 Å². The molecule has 1 unspecified atom stereocenters. The molecule has 0 saturated heterocycles. The van der Waals surface area contributed by atoms with Gasteiger partial charge in [-0.15, -0.1) is 11.3 Å². The van der Waals surface area contributed by atoms with Crippen molar-refractivity contribution in [1.29, 1.82) is 0 Å². The number of hydrogen-bond donors (Lipinski definition) is 2. The monoisotopic (exact) mass is 272 g/mol. The zero-order valence-electron chi connectivity index (χ0n) is 10.7. The normalized spacial score (nSPS) is 13.2. The van der Waals surface area contributed by atoms with Gasteiger partial charge >= 0.3 is 11.9 Å². The summed E-state index contributed by atoms with van der Waals surface area (Å²) in [5.41, 5.74) is -0.146. The number of carboxylic acids is 1. The van der Waals surface area contributed by atoms with Gasteiger partial charge in [0.2, 0.25) is 6.29 Å². The molecule has 0 radical (unpaired) electrons. The Morgan fingerprint density at radius 2 is 1.94 bits per heavy atom. The number of carbonyl (C=O) groups is 2. The highest BCUT2D eigenvalue weighted by atomic mass is 32.1. The van der Waals surface area contributed by atoms with Crippen LogP contribution in [0.2, 0.25) is 0 Å². The van der Waals surface area contributed by atoms with Gasteiger partial charge in [0, 0.05) is 10.8 Å². The van der Waals surface area contributed by atoms with Gasteiger partial charge in [-0.1, -0.05) is 20.8 Å². The lowest BCUT2D eigenvalue weighted by atomic mass is 9.96. The SMILES string of the molecule is Cc1c(C(=O)O)csc1C(=O)OC(O)C(C)(C)C. The molecule has 1 aromatic rings. The summed E-state index contributed by atoms with van der Waals surface area (Å²) in [4.78, 5) is 22.8. The number of rotatable bonds is 3. The van der Waals surface area contributed by atoms with Crippen molar-refractivity contribution < 1.29 is 24.5 Å². The van der Waals surface area contributed by atoms with E-state index in [2.05, 4.69) is 0 Å². The molecule has 1 aromatic heterocycles. The Bertz CT molecular complexity index is 469. The lowest BCUT2D eigenvalue weighted by Crippen LogP contribution is -2.31. The number of hydrogen-bond acceptors (Lipinski definition) is 5. The molecule has 5 nitrogen and oxygen atoms in total. The highest BCUT2D eigenvalue weighted by Gasteiger charge is 2.28. The first-order valence-corrected chi connectivity index (χ1v) is 6.23. The van der Waals surface area contributed by atoms with Crippen LogP contribution in [-0.4, -0.2) is 28.4 Å². The molecule has 0 saturated carbocycles. The summed E-state index contributed by atoms with van der Waals surface area (Å²) in [6.45, 7) is 6.73. The molecule has 1 atom stereocenters. The first-order valence-electron chi connectivity index (χ1n) is 5.35. The summed E-state index contributed by atoms with van der Waals surface area (Å²) in [5.74, 6) is -1.79. The van der Waals surface area contributed by atoms with E-state index in [9.17, 15) is 14.7 Å². The van der Waals surface area contributed by atoms with Crippen LogP contribution in [0.25, 0.3) is 0 Å². The maximum absolute atomic E-state index is 11.8. The summed E-state index contributed by atoms with van der Waals surface area (Å²) >= 11 is 0.999. The lowest BCUT2D eigenvalue weighted by molar-refractivity contribution is -0.123. The number of aliphatic hydroxyl groups is 1. The number of ether oxygens (including phenoxy) is 1. The number of thiophene rings is 1. The largest absolute Gasteiger partial charge is 0.478 e. The van der Waals surface area contributed by atoms with Crippen molar-refractivity contribution in [3.05, 3.63) is 21.4 Å². The predicted octanol–water partition coefficient (Wildman–Crippen LogP) is 2.28. The average molecular weight is 272 g/mol. The van der Waals surface area contributed by atoms with Gasteiger partial charge in [0.05, 0.1) is 5.56 Å². The van der Waals surface area contributed by atoms with Crippen molar-refractivity contribution in [2.45, 2.75) is 34.0 Å². The summed E-state index contributed by atoms with van der Waals surface area (Å²) in [6, 6.07) is 0. The molecule has 1 heterocycles. The molecule has 0 fully saturated rings. The van der Waals surface area contributed by atoms with Crippen molar-refractivity contribution in [3.8, 4) is 0 Å². The Balaban J connectivity index is 2.89. The first-order chi connectivity index (χ1) is 8.14. The molecule has 0 aromatic carbocycles. The first kappa shape index (κ1) is 14.7. The van der Waals surface area contributed by atoms with Gasteiger partial charge in [0.15, 0.2) is 0 Å². The molecule has 2 N–H and O–H groups in total.